The molecule has 9 aromatic carbocycles. The van der Waals surface area contributed by atoms with Gasteiger partial charge in [-0.05, 0) is 118 Å². The predicted octanol–water partition coefficient (Wildman–Crippen LogP) is 15.5. The van der Waals surface area contributed by atoms with Crippen LogP contribution in [0.5, 0.6) is 11.5 Å². The summed E-state index contributed by atoms with van der Waals surface area (Å²) in [5.41, 5.74) is 16.4. The summed E-state index contributed by atoms with van der Waals surface area (Å²) in [7, 11) is 0. The first-order valence-electron chi connectivity index (χ1n) is 20.0. The highest BCUT2D eigenvalue weighted by molar-refractivity contribution is 6.11. The van der Waals surface area contributed by atoms with Crippen LogP contribution in [-0.2, 0) is 5.41 Å². The molecule has 58 heavy (non-hydrogen) atoms. The van der Waals surface area contributed by atoms with Gasteiger partial charge in [-0.1, -0.05) is 141 Å². The summed E-state index contributed by atoms with van der Waals surface area (Å²) in [4.78, 5) is 4.73. The molecule has 0 radical (unpaired) electrons. The van der Waals surface area contributed by atoms with Crippen LogP contribution in [0.15, 0.2) is 206 Å². The molecule has 276 valence electrons. The van der Waals surface area contributed by atoms with E-state index in [0.29, 0.717) is 0 Å². The van der Waals surface area contributed by atoms with E-state index >= 15 is 0 Å². The van der Waals surface area contributed by atoms with Gasteiger partial charge in [-0.15, -0.1) is 0 Å². The summed E-state index contributed by atoms with van der Waals surface area (Å²) >= 11 is 0. The zero-order valence-electron chi connectivity index (χ0n) is 32.4. The summed E-state index contributed by atoms with van der Waals surface area (Å²) in [6.45, 7) is 4.70. The first-order valence-corrected chi connectivity index (χ1v) is 20.0. The maximum atomic E-state index is 6.79. The van der Waals surface area contributed by atoms with Crippen LogP contribution in [0.25, 0.3) is 44.2 Å². The van der Waals surface area contributed by atoms with Crippen molar-refractivity contribution in [2.75, 3.05) is 9.80 Å². The number of hydrogen-bond donors (Lipinski definition) is 0. The second-order valence-electron chi connectivity index (χ2n) is 15.7. The molecule has 1 aliphatic heterocycles. The lowest BCUT2D eigenvalue weighted by atomic mass is 9.82. The molecule has 2 aliphatic rings. The van der Waals surface area contributed by atoms with E-state index in [1.807, 2.05) is 0 Å². The van der Waals surface area contributed by atoms with Crippen molar-refractivity contribution < 1.29 is 4.74 Å². The van der Waals surface area contributed by atoms with Crippen molar-refractivity contribution in [1.29, 1.82) is 0 Å². The summed E-state index contributed by atoms with van der Waals surface area (Å²) in [6, 6.07) is 74.2. The largest absolute Gasteiger partial charge is 0.456 e. The normalized spacial score (nSPS) is 12.9. The average molecular weight is 745 g/mol. The highest BCUT2D eigenvalue weighted by atomic mass is 16.5. The van der Waals surface area contributed by atoms with Gasteiger partial charge >= 0.3 is 0 Å². The Morgan fingerprint density at radius 3 is 1.66 bits per heavy atom. The molecule has 1 aliphatic carbocycles. The lowest BCUT2D eigenvalue weighted by Crippen LogP contribution is -2.16. The van der Waals surface area contributed by atoms with Crippen LogP contribution in [0.1, 0.15) is 25.0 Å². The minimum atomic E-state index is -0.132. The van der Waals surface area contributed by atoms with Crippen molar-refractivity contribution in [2.24, 2.45) is 0 Å². The van der Waals surface area contributed by atoms with Gasteiger partial charge < -0.3 is 14.5 Å². The number of ether oxygens (including phenoxy) is 1. The van der Waals surface area contributed by atoms with E-state index < -0.39 is 0 Å². The van der Waals surface area contributed by atoms with Crippen LogP contribution >= 0.6 is 0 Å². The zero-order valence-corrected chi connectivity index (χ0v) is 32.4. The molecule has 0 saturated heterocycles. The van der Waals surface area contributed by atoms with Crippen molar-refractivity contribution in [3.63, 3.8) is 0 Å². The van der Waals surface area contributed by atoms with E-state index in [-0.39, 0.29) is 5.41 Å². The third-order valence-electron chi connectivity index (χ3n) is 12.0. The minimum absolute atomic E-state index is 0.132. The van der Waals surface area contributed by atoms with Gasteiger partial charge in [0.25, 0.3) is 0 Å². The Morgan fingerprint density at radius 1 is 0.362 bits per heavy atom. The predicted molar refractivity (Wildman–Crippen MR) is 242 cm³/mol. The molecule has 0 atom stereocenters. The molecule has 3 nitrogen and oxygen atoms in total. The Bertz CT molecular complexity index is 2950. The fourth-order valence-corrected chi connectivity index (χ4v) is 9.23. The number of benzene rings is 9. The standard InChI is InChI=1S/C55H40N2O/c1-55(2)49-24-13-12-21-44(49)45-31-29-43(36-50(45)55)57(41-27-25-38(26-28-41)37-15-6-3-7-16-37)51-32-34-53-54-46(22-14-23-47(51)54)48-35-42(30-33-52(48)58-53)56(39-17-8-4-9-18-39)40-19-10-5-11-20-40/h3-36H,1-2H3. The number of para-hydroxylation sites is 2. The molecule has 0 amide bonds. The van der Waals surface area contributed by atoms with E-state index in [0.717, 1.165) is 67.5 Å². The fraction of sp³-hybridized carbons (Fsp3) is 0.0545. The smallest absolute Gasteiger partial charge is 0.136 e. The Morgan fingerprint density at radius 2 is 0.914 bits per heavy atom. The molecule has 0 fully saturated rings. The highest BCUT2D eigenvalue weighted by Gasteiger charge is 2.36. The van der Waals surface area contributed by atoms with E-state index in [9.17, 15) is 0 Å². The molecule has 0 N–H and O–H groups in total. The summed E-state index contributed by atoms with van der Waals surface area (Å²) in [5.74, 6) is 1.72. The molecule has 1 heterocycles. The molecule has 3 heteroatoms. The topological polar surface area (TPSA) is 15.7 Å². The second-order valence-corrected chi connectivity index (χ2v) is 15.7. The van der Waals surface area contributed by atoms with Crippen molar-refractivity contribution >= 4 is 44.9 Å². The SMILES string of the molecule is CC1(C)c2ccccc2-c2ccc(N(c3ccc(-c4ccccc4)cc3)c3ccc4c5c(cccc35)-c3cc(N(c5ccccc5)c5ccccc5)ccc3O4)cc21. The Balaban J connectivity index is 1.09. The maximum absolute atomic E-state index is 6.79. The third kappa shape index (κ3) is 5.43. The first-order chi connectivity index (χ1) is 28.5. The second kappa shape index (κ2) is 13.4. The first kappa shape index (κ1) is 33.9. The number of hydrogen-bond acceptors (Lipinski definition) is 3. The molecule has 0 bridgehead atoms. The Labute approximate surface area is 339 Å². The van der Waals surface area contributed by atoms with Crippen molar-refractivity contribution in [1.82, 2.24) is 0 Å². The Kier molecular flexibility index (Phi) is 7.84. The van der Waals surface area contributed by atoms with E-state index in [1.54, 1.807) is 0 Å². The van der Waals surface area contributed by atoms with Gasteiger partial charge in [-0.3, -0.25) is 0 Å². The van der Waals surface area contributed by atoms with Crippen LogP contribution in [0.2, 0.25) is 0 Å². The van der Waals surface area contributed by atoms with Crippen LogP contribution in [0, 0.1) is 0 Å². The molecule has 0 saturated carbocycles. The van der Waals surface area contributed by atoms with Gasteiger partial charge in [0.05, 0.1) is 5.69 Å². The van der Waals surface area contributed by atoms with Gasteiger partial charge in [0.2, 0.25) is 0 Å². The quantitative estimate of drug-likeness (QED) is 0.162. The van der Waals surface area contributed by atoms with Gasteiger partial charge in [-0.2, -0.15) is 0 Å². The monoisotopic (exact) mass is 744 g/mol. The van der Waals surface area contributed by atoms with Crippen LogP contribution in [-0.4, -0.2) is 0 Å². The summed E-state index contributed by atoms with van der Waals surface area (Å²) in [5, 5.41) is 2.24. The van der Waals surface area contributed by atoms with Crippen molar-refractivity contribution in [3.8, 4) is 44.9 Å². The minimum Gasteiger partial charge on any atom is -0.456 e. The van der Waals surface area contributed by atoms with Crippen LogP contribution in [0.4, 0.5) is 34.1 Å². The summed E-state index contributed by atoms with van der Waals surface area (Å²) in [6.07, 6.45) is 0. The lowest BCUT2D eigenvalue weighted by molar-refractivity contribution is 0.487. The molecule has 0 aromatic heterocycles. The Hall–Kier alpha value is -7.36. The van der Waals surface area contributed by atoms with Gasteiger partial charge in [-0.25, -0.2) is 0 Å². The number of nitrogens with zero attached hydrogens (tertiary/aromatic N) is 2. The van der Waals surface area contributed by atoms with Crippen molar-refractivity contribution in [3.05, 3.63) is 217 Å². The van der Waals surface area contributed by atoms with Crippen LogP contribution in [0.3, 0.4) is 0 Å². The van der Waals surface area contributed by atoms with Gasteiger partial charge in [0.1, 0.15) is 11.5 Å². The van der Waals surface area contributed by atoms with E-state index in [1.165, 1.54) is 33.4 Å². The number of fused-ring (bicyclic) bond motifs is 5. The van der Waals surface area contributed by atoms with Crippen LogP contribution < -0.4 is 14.5 Å². The number of rotatable bonds is 7. The van der Waals surface area contributed by atoms with E-state index in [4.69, 9.17) is 4.74 Å². The van der Waals surface area contributed by atoms with E-state index in [2.05, 4.69) is 230 Å². The van der Waals surface area contributed by atoms with Gasteiger partial charge in [0, 0.05) is 50.2 Å². The molecular weight excluding hydrogens is 705 g/mol. The average Bonchev–Trinajstić information content (AvgIpc) is 3.51. The van der Waals surface area contributed by atoms with Crippen molar-refractivity contribution in [2.45, 2.75) is 19.3 Å². The fourth-order valence-electron chi connectivity index (χ4n) is 9.23. The molecule has 0 spiro atoms. The number of anilines is 6. The lowest BCUT2D eigenvalue weighted by Gasteiger charge is -2.31. The highest BCUT2D eigenvalue weighted by Crippen LogP contribution is 2.54. The summed E-state index contributed by atoms with van der Waals surface area (Å²) < 4.78 is 6.79. The molecule has 9 aromatic rings. The molecule has 11 rings (SSSR count). The van der Waals surface area contributed by atoms with Gasteiger partial charge in [0.15, 0.2) is 0 Å². The zero-order chi connectivity index (χ0) is 38.8. The maximum Gasteiger partial charge on any atom is 0.136 e. The molecule has 0 unspecified atom stereocenters. The molecular formula is C55H40N2O. The third-order valence-corrected chi connectivity index (χ3v) is 12.0.